The largest absolute Gasteiger partial charge is 1.00 e. The first-order chi connectivity index (χ1) is 13.2. The number of likely N-dealkylation sites (N-methyl/N-ethyl adjacent to an activating group) is 1. The minimum absolute atomic E-state index is 0. The maximum Gasteiger partial charge on any atom is 0.115 e. The van der Waals surface area contributed by atoms with Crippen LogP contribution in [0.25, 0.3) is 0 Å². The number of nitrogens with zero attached hydrogens (tertiary/aromatic N) is 1. The molecule has 1 nitrogen and oxygen atoms in total. The molecule has 0 bridgehead atoms. The molecule has 1 unspecified atom stereocenters. The molecule has 1 atom stereocenters. The van der Waals surface area contributed by atoms with Gasteiger partial charge < -0.3 is 16.9 Å². The quantitative estimate of drug-likeness (QED) is 0.197. The number of hydrogen-bond donors (Lipinski definition) is 0. The van der Waals surface area contributed by atoms with Crippen molar-refractivity contribution in [2.75, 3.05) is 20.1 Å². The maximum absolute atomic E-state index is 4.01. The van der Waals surface area contributed by atoms with Crippen LogP contribution in [0.2, 0.25) is 0 Å². The minimum Gasteiger partial charge on any atom is -1.00 e. The molecule has 1 aromatic carbocycles. The zero-order valence-electron chi connectivity index (χ0n) is 18.6. The Balaban J connectivity index is 0.00000729. The van der Waals surface area contributed by atoms with E-state index < -0.39 is 0 Å². The number of halogens is 1. The Hall–Kier alpha value is -1.05. The van der Waals surface area contributed by atoms with Crippen LogP contribution >= 0.6 is 0 Å². The van der Waals surface area contributed by atoms with Gasteiger partial charge in [-0.3, -0.25) is 0 Å². The Kier molecular flexibility index (Phi) is 16.2. The summed E-state index contributed by atoms with van der Waals surface area (Å²) in [5.41, 5.74) is 1.46. The van der Waals surface area contributed by atoms with E-state index in [1.807, 2.05) is 0 Å². The van der Waals surface area contributed by atoms with Crippen molar-refractivity contribution in [3.05, 3.63) is 61.2 Å². The number of benzene rings is 1. The van der Waals surface area contributed by atoms with Crippen LogP contribution in [-0.2, 0) is 0 Å². The van der Waals surface area contributed by atoms with Gasteiger partial charge in [-0.25, -0.2) is 0 Å². The highest BCUT2D eigenvalue weighted by molar-refractivity contribution is 5.17. The summed E-state index contributed by atoms with van der Waals surface area (Å²) < 4.78 is 0.981. The van der Waals surface area contributed by atoms with Crippen LogP contribution in [0.5, 0.6) is 0 Å². The minimum atomic E-state index is 0. The average molecular weight is 406 g/mol. The first-order valence-electron chi connectivity index (χ1n) is 11.3. The van der Waals surface area contributed by atoms with E-state index >= 15 is 0 Å². The predicted molar refractivity (Wildman–Crippen MR) is 122 cm³/mol. The van der Waals surface area contributed by atoms with Crippen molar-refractivity contribution in [3.63, 3.8) is 0 Å². The third-order valence-electron chi connectivity index (χ3n) is 5.86. The zero-order chi connectivity index (χ0) is 19.8. The Morgan fingerprint density at radius 1 is 0.786 bits per heavy atom. The lowest BCUT2D eigenvalue weighted by atomic mass is 9.96. The number of quaternary nitrogens is 1. The molecule has 0 heterocycles. The van der Waals surface area contributed by atoms with Gasteiger partial charge in [0.05, 0.1) is 20.1 Å². The van der Waals surface area contributed by atoms with Gasteiger partial charge in [-0.1, -0.05) is 108 Å². The van der Waals surface area contributed by atoms with Crippen molar-refractivity contribution in [1.82, 2.24) is 0 Å². The van der Waals surface area contributed by atoms with Gasteiger partial charge in [-0.15, -0.1) is 0 Å². The maximum atomic E-state index is 4.01. The molecule has 28 heavy (non-hydrogen) atoms. The Morgan fingerprint density at radius 2 is 1.25 bits per heavy atom. The van der Waals surface area contributed by atoms with E-state index in [9.17, 15) is 0 Å². The monoisotopic (exact) mass is 405 g/mol. The molecule has 0 fully saturated rings. The van der Waals surface area contributed by atoms with Gasteiger partial charge >= 0.3 is 0 Å². The lowest BCUT2D eigenvalue weighted by molar-refractivity contribution is -0.929. The molecule has 1 rings (SSSR count). The lowest BCUT2D eigenvalue weighted by Crippen LogP contribution is -3.00. The van der Waals surface area contributed by atoms with Gasteiger partial charge in [0.15, 0.2) is 0 Å². The second-order valence-electron chi connectivity index (χ2n) is 8.32. The van der Waals surface area contributed by atoms with E-state index in [1.165, 1.54) is 76.2 Å². The molecule has 0 radical (unpaired) electrons. The van der Waals surface area contributed by atoms with Gasteiger partial charge in [0.1, 0.15) is 6.04 Å². The van der Waals surface area contributed by atoms with Gasteiger partial charge in [-0.05, 0) is 18.6 Å². The Morgan fingerprint density at radius 3 is 1.71 bits per heavy atom. The summed E-state index contributed by atoms with van der Waals surface area (Å²) in [6, 6.07) is 11.6. The van der Waals surface area contributed by atoms with Crippen LogP contribution < -0.4 is 12.4 Å². The summed E-state index contributed by atoms with van der Waals surface area (Å²) in [7, 11) is 2.36. The fourth-order valence-electron chi connectivity index (χ4n) is 4.26. The second-order valence-corrected chi connectivity index (χ2v) is 8.32. The molecule has 0 amide bonds. The smallest absolute Gasteiger partial charge is 0.115 e. The lowest BCUT2D eigenvalue weighted by Gasteiger charge is -2.41. The average Bonchev–Trinajstić information content (AvgIpc) is 2.67. The second kappa shape index (κ2) is 16.9. The third kappa shape index (κ3) is 10.5. The van der Waals surface area contributed by atoms with Crippen molar-refractivity contribution in [1.29, 1.82) is 0 Å². The van der Waals surface area contributed by atoms with E-state index in [-0.39, 0.29) is 12.4 Å². The molecule has 0 aliphatic heterocycles. The van der Waals surface area contributed by atoms with Crippen LogP contribution in [0, 0.1) is 0 Å². The summed E-state index contributed by atoms with van der Waals surface area (Å²) in [6.07, 6.45) is 19.3. The molecule has 0 spiro atoms. The molecule has 160 valence electrons. The summed E-state index contributed by atoms with van der Waals surface area (Å²) in [6.45, 7) is 12.3. The topological polar surface area (TPSA) is 0 Å². The molecule has 0 aromatic heterocycles. The number of rotatable bonds is 17. The van der Waals surface area contributed by atoms with Gasteiger partial charge in [0.2, 0.25) is 0 Å². The van der Waals surface area contributed by atoms with Gasteiger partial charge in [-0.2, -0.15) is 0 Å². The van der Waals surface area contributed by atoms with Crippen LogP contribution in [0.4, 0.5) is 0 Å². The Bertz CT molecular complexity index is 486. The molecule has 0 aliphatic carbocycles. The van der Waals surface area contributed by atoms with Crippen molar-refractivity contribution >= 4 is 0 Å². The number of hydrogen-bond acceptors (Lipinski definition) is 0. The van der Waals surface area contributed by atoms with Crippen LogP contribution in [0.3, 0.4) is 0 Å². The van der Waals surface area contributed by atoms with Crippen molar-refractivity contribution in [3.8, 4) is 0 Å². The molecule has 0 saturated carbocycles. The fourth-order valence-corrected chi connectivity index (χ4v) is 4.26. The molecule has 0 N–H and O–H groups in total. The standard InChI is InChI=1S/C26H44N.ClH/c1-5-8-9-10-11-12-13-14-15-19-22-26(25-20-17-16-18-21-25)27(4,23-6-2)24-7-3;/h6-7,16-18,20-21,26H,2-3,5,8-15,19,22-24H2,1,4H3;1H/q+1;/p-1. The van der Waals surface area contributed by atoms with Gasteiger partial charge in [0, 0.05) is 12.0 Å². The molecule has 0 saturated heterocycles. The zero-order valence-corrected chi connectivity index (χ0v) is 19.3. The summed E-state index contributed by atoms with van der Waals surface area (Å²) in [4.78, 5) is 0. The van der Waals surface area contributed by atoms with E-state index in [0.29, 0.717) is 6.04 Å². The summed E-state index contributed by atoms with van der Waals surface area (Å²) in [5.74, 6) is 0. The molecular weight excluding hydrogens is 362 g/mol. The van der Waals surface area contributed by atoms with Crippen LogP contribution in [0.15, 0.2) is 55.6 Å². The molecule has 0 aliphatic rings. The van der Waals surface area contributed by atoms with E-state index in [1.54, 1.807) is 0 Å². The fraction of sp³-hybridized carbons (Fsp3) is 0.615. The highest BCUT2D eigenvalue weighted by atomic mass is 35.5. The highest BCUT2D eigenvalue weighted by Gasteiger charge is 2.31. The normalized spacial score (nSPS) is 12.2. The third-order valence-corrected chi connectivity index (χ3v) is 5.86. The van der Waals surface area contributed by atoms with Crippen molar-refractivity contribution in [2.24, 2.45) is 0 Å². The van der Waals surface area contributed by atoms with Crippen LogP contribution in [-0.4, -0.2) is 24.6 Å². The first-order valence-corrected chi connectivity index (χ1v) is 11.3. The Labute approximate surface area is 181 Å². The van der Waals surface area contributed by atoms with Crippen molar-refractivity contribution in [2.45, 2.75) is 83.6 Å². The SMILES string of the molecule is C=CC[N+](C)(CC=C)C(CCCCCCCCCCCC)c1ccccc1.[Cl-]. The van der Waals surface area contributed by atoms with Crippen LogP contribution in [0.1, 0.15) is 89.2 Å². The predicted octanol–water partition coefficient (Wildman–Crippen LogP) is 4.86. The number of unbranched alkanes of at least 4 members (excludes halogenated alkanes) is 9. The summed E-state index contributed by atoms with van der Waals surface area (Å²) in [5, 5.41) is 0. The highest BCUT2D eigenvalue weighted by Crippen LogP contribution is 2.32. The van der Waals surface area contributed by atoms with E-state index in [4.69, 9.17) is 0 Å². The van der Waals surface area contributed by atoms with Gasteiger partial charge in [0.25, 0.3) is 0 Å². The van der Waals surface area contributed by atoms with E-state index in [0.717, 1.165) is 17.6 Å². The summed E-state index contributed by atoms with van der Waals surface area (Å²) >= 11 is 0. The molecule has 1 aromatic rings. The first kappa shape index (κ1) is 27.0. The molecular formula is C26H44ClN. The van der Waals surface area contributed by atoms with E-state index in [2.05, 4.69) is 69.6 Å². The van der Waals surface area contributed by atoms with Crippen molar-refractivity contribution < 1.29 is 16.9 Å². The molecule has 2 heteroatoms.